The van der Waals surface area contributed by atoms with E-state index < -0.39 is 20.6 Å². The number of carbonyl (C=O) groups excluding carboxylic acids is 2. The molecule has 1 spiro atoms. The summed E-state index contributed by atoms with van der Waals surface area (Å²) in [6.45, 7) is 2.12. The lowest BCUT2D eigenvalue weighted by molar-refractivity contribution is -0.151. The second-order valence-electron chi connectivity index (χ2n) is 13.3. The second kappa shape index (κ2) is 11.3. The summed E-state index contributed by atoms with van der Waals surface area (Å²) < 4.78 is 34.2. The number of halogens is 2. The first-order valence-corrected chi connectivity index (χ1v) is 17.8. The molecule has 2 amide bonds. The largest absolute Gasteiger partial charge is 0.489 e. The number of likely N-dealkylation sites (tertiary alicyclic amines) is 1. The van der Waals surface area contributed by atoms with Gasteiger partial charge in [0.1, 0.15) is 17.1 Å². The number of sulfone groups is 1. The summed E-state index contributed by atoms with van der Waals surface area (Å²) in [6, 6.07) is 19.3. The van der Waals surface area contributed by atoms with E-state index in [0.717, 1.165) is 36.8 Å². The minimum atomic E-state index is -3.88. The zero-order valence-corrected chi connectivity index (χ0v) is 27.4. The molecule has 1 aliphatic heterocycles. The van der Waals surface area contributed by atoms with Crippen LogP contribution < -0.4 is 10.1 Å². The molecule has 7 rings (SSSR count). The maximum Gasteiger partial charge on any atom is 0.226 e. The van der Waals surface area contributed by atoms with Gasteiger partial charge in [-0.2, -0.15) is 0 Å². The van der Waals surface area contributed by atoms with Crippen molar-refractivity contribution in [1.82, 2.24) is 10.2 Å². The van der Waals surface area contributed by atoms with Crippen LogP contribution in [0.4, 0.5) is 0 Å². The van der Waals surface area contributed by atoms with E-state index in [-0.39, 0.29) is 40.7 Å². The summed E-state index contributed by atoms with van der Waals surface area (Å²) >= 11 is 12.7. The zero-order valence-electron chi connectivity index (χ0n) is 25.1. The number of nitrogens with one attached hydrogen (secondary N) is 1. The molecule has 1 N–H and O–H groups in total. The lowest BCUT2D eigenvalue weighted by Gasteiger charge is -2.58. The molecule has 0 unspecified atom stereocenters. The summed E-state index contributed by atoms with van der Waals surface area (Å²) in [5, 5.41) is 4.03. The molecule has 3 aromatic carbocycles. The number of aryl methyl sites for hydroxylation is 1. The average molecular weight is 668 g/mol. The van der Waals surface area contributed by atoms with E-state index in [0.29, 0.717) is 47.2 Å². The van der Waals surface area contributed by atoms with Crippen molar-refractivity contribution in [2.75, 3.05) is 6.54 Å². The third-order valence-electron chi connectivity index (χ3n) is 10.6. The van der Waals surface area contributed by atoms with Gasteiger partial charge < -0.3 is 15.0 Å². The highest BCUT2D eigenvalue weighted by atomic mass is 35.5. The Kier molecular flexibility index (Phi) is 7.69. The number of ether oxygens (including phenoxy) is 1. The second-order valence-corrected chi connectivity index (χ2v) is 16.3. The Balaban J connectivity index is 1.17. The SMILES string of the molecule is CC(=O)NC1CC2(C1)CC(C(=O)N1CC[C@@]3(S(=O)(=O)c4ccccc4)c4ccc(OCc5c(Cl)cccc5Cl)cc4CC[C@@H]13)C2. The molecular formula is C35H36Cl2N2O5S. The molecule has 2 atom stereocenters. The minimum absolute atomic E-state index is 0.0175. The fourth-order valence-electron chi connectivity index (χ4n) is 8.60. The summed E-state index contributed by atoms with van der Waals surface area (Å²) in [5.74, 6) is 0.557. The van der Waals surface area contributed by atoms with Gasteiger partial charge in [0.25, 0.3) is 0 Å². The number of hydrogen-bond acceptors (Lipinski definition) is 5. The molecule has 3 aromatic rings. The zero-order chi connectivity index (χ0) is 31.6. The first kappa shape index (κ1) is 30.6. The number of rotatable bonds is 7. The van der Waals surface area contributed by atoms with Crippen molar-refractivity contribution in [3.05, 3.63) is 93.5 Å². The van der Waals surface area contributed by atoms with Gasteiger partial charge in [-0.1, -0.05) is 53.5 Å². The molecule has 1 heterocycles. The number of carbonyl (C=O) groups is 2. The quantitative estimate of drug-likeness (QED) is 0.311. The summed E-state index contributed by atoms with van der Waals surface area (Å²) in [5.41, 5.74) is 2.49. The van der Waals surface area contributed by atoms with Gasteiger partial charge in [0.05, 0.1) is 10.9 Å². The molecule has 236 valence electrons. The van der Waals surface area contributed by atoms with Crippen LogP contribution in [0.2, 0.25) is 10.0 Å². The Hall–Kier alpha value is -3.07. The Morgan fingerprint density at radius 3 is 2.38 bits per heavy atom. The fraction of sp³-hybridized carbons (Fsp3) is 0.429. The van der Waals surface area contributed by atoms with Crippen LogP contribution >= 0.6 is 23.2 Å². The Bertz CT molecular complexity index is 1750. The standard InChI is InChI=1S/C35H36Cl2N2O5S/c1-22(40)38-25-19-34(20-25)17-24(18-34)33(41)39-15-14-35(45(42,43)27-6-3-2-4-7-27)29-12-11-26(16-23(29)10-13-32(35)39)44-21-28-30(36)8-5-9-31(28)37/h2-9,11-12,16,24-25,32H,10,13-15,17-21H2,1H3,(H,38,40)/t24?,25?,32-,34?,35-/m1/s1. The van der Waals surface area contributed by atoms with Gasteiger partial charge in [0.15, 0.2) is 9.84 Å². The molecule has 45 heavy (non-hydrogen) atoms. The predicted octanol–water partition coefficient (Wildman–Crippen LogP) is 6.48. The number of benzene rings is 3. The highest BCUT2D eigenvalue weighted by Gasteiger charge is 2.63. The van der Waals surface area contributed by atoms with Gasteiger partial charge >= 0.3 is 0 Å². The van der Waals surface area contributed by atoms with Gasteiger partial charge in [-0.3, -0.25) is 9.59 Å². The van der Waals surface area contributed by atoms with Crippen molar-refractivity contribution in [1.29, 1.82) is 0 Å². The van der Waals surface area contributed by atoms with Crippen molar-refractivity contribution in [2.24, 2.45) is 11.3 Å². The molecule has 7 nitrogen and oxygen atoms in total. The van der Waals surface area contributed by atoms with Gasteiger partial charge in [-0.25, -0.2) is 8.42 Å². The Labute approximate surface area is 274 Å². The number of nitrogens with zero attached hydrogens (tertiary/aromatic N) is 1. The van der Waals surface area contributed by atoms with Crippen LogP contribution in [0, 0.1) is 11.3 Å². The Morgan fingerprint density at radius 2 is 1.69 bits per heavy atom. The topological polar surface area (TPSA) is 92.8 Å². The van der Waals surface area contributed by atoms with E-state index in [9.17, 15) is 18.0 Å². The lowest BCUT2D eigenvalue weighted by Crippen LogP contribution is -2.59. The van der Waals surface area contributed by atoms with Gasteiger partial charge in [0.2, 0.25) is 11.8 Å². The van der Waals surface area contributed by atoms with E-state index in [1.165, 1.54) is 6.92 Å². The van der Waals surface area contributed by atoms with Crippen molar-refractivity contribution in [3.63, 3.8) is 0 Å². The van der Waals surface area contributed by atoms with Crippen molar-refractivity contribution < 1.29 is 22.7 Å². The maximum atomic E-state index is 14.7. The van der Waals surface area contributed by atoms with Crippen LogP contribution in [0.15, 0.2) is 71.6 Å². The summed E-state index contributed by atoms with van der Waals surface area (Å²) in [4.78, 5) is 27.6. The number of fused-ring (bicyclic) bond motifs is 3. The van der Waals surface area contributed by atoms with Crippen LogP contribution in [0.3, 0.4) is 0 Å². The number of amides is 2. The van der Waals surface area contributed by atoms with Crippen molar-refractivity contribution >= 4 is 44.9 Å². The molecule has 3 fully saturated rings. The van der Waals surface area contributed by atoms with Gasteiger partial charge in [0, 0.05) is 41.0 Å². The number of hydrogen-bond donors (Lipinski definition) is 1. The molecule has 4 aliphatic rings. The predicted molar refractivity (Wildman–Crippen MR) is 173 cm³/mol. The molecule has 0 aromatic heterocycles. The van der Waals surface area contributed by atoms with Crippen LogP contribution in [0.25, 0.3) is 0 Å². The van der Waals surface area contributed by atoms with E-state index in [1.807, 2.05) is 29.2 Å². The molecule has 3 aliphatic carbocycles. The van der Waals surface area contributed by atoms with Crippen LogP contribution in [0.1, 0.15) is 62.1 Å². The van der Waals surface area contributed by atoms with Crippen LogP contribution in [-0.2, 0) is 37.2 Å². The third kappa shape index (κ3) is 5.04. The fourth-order valence-corrected chi connectivity index (χ4v) is 11.5. The van der Waals surface area contributed by atoms with E-state index >= 15 is 0 Å². The van der Waals surface area contributed by atoms with Crippen molar-refractivity contribution in [2.45, 2.75) is 80.2 Å². The average Bonchev–Trinajstić information content (AvgIpc) is 3.39. The molecule has 0 radical (unpaired) electrons. The molecule has 0 bridgehead atoms. The van der Waals surface area contributed by atoms with Crippen LogP contribution in [-0.4, -0.2) is 43.8 Å². The lowest BCUT2D eigenvalue weighted by atomic mass is 9.49. The van der Waals surface area contributed by atoms with Gasteiger partial charge in [-0.05, 0) is 97.9 Å². The maximum absolute atomic E-state index is 14.7. The molecular weight excluding hydrogens is 631 g/mol. The molecule has 2 saturated carbocycles. The van der Waals surface area contributed by atoms with E-state index in [1.54, 1.807) is 42.5 Å². The van der Waals surface area contributed by atoms with Crippen LogP contribution in [0.5, 0.6) is 5.75 Å². The monoisotopic (exact) mass is 666 g/mol. The van der Waals surface area contributed by atoms with Gasteiger partial charge in [-0.15, -0.1) is 0 Å². The summed E-state index contributed by atoms with van der Waals surface area (Å²) in [6.07, 6.45) is 4.94. The summed E-state index contributed by atoms with van der Waals surface area (Å²) in [7, 11) is -3.88. The first-order valence-electron chi connectivity index (χ1n) is 15.6. The smallest absolute Gasteiger partial charge is 0.226 e. The van der Waals surface area contributed by atoms with E-state index in [4.69, 9.17) is 27.9 Å². The Morgan fingerprint density at radius 1 is 0.978 bits per heavy atom. The molecule has 1 saturated heterocycles. The van der Waals surface area contributed by atoms with Crippen molar-refractivity contribution in [3.8, 4) is 5.75 Å². The van der Waals surface area contributed by atoms with E-state index in [2.05, 4.69) is 5.32 Å². The normalized spacial score (nSPS) is 28.4. The first-order chi connectivity index (χ1) is 21.5. The molecule has 10 heteroatoms. The minimum Gasteiger partial charge on any atom is -0.489 e. The third-order valence-corrected chi connectivity index (χ3v) is 13.8. The highest BCUT2D eigenvalue weighted by molar-refractivity contribution is 7.92. The highest BCUT2D eigenvalue weighted by Crippen LogP contribution is 2.60.